The molecule has 2 aromatic carbocycles. The Hall–Kier alpha value is -2.27. The van der Waals surface area contributed by atoms with Crippen LogP contribution in [0.25, 0.3) is 11.1 Å². The third-order valence-corrected chi connectivity index (χ3v) is 3.22. The van der Waals surface area contributed by atoms with Gasteiger partial charge in [-0.2, -0.15) is 5.26 Å². The van der Waals surface area contributed by atoms with Gasteiger partial charge in [0.25, 0.3) is 0 Å². The molecule has 2 rings (SSSR count). The van der Waals surface area contributed by atoms with E-state index in [1.54, 1.807) is 0 Å². The molecule has 2 nitrogen and oxygen atoms in total. The minimum absolute atomic E-state index is 0.724. The molecule has 0 aromatic heterocycles. The van der Waals surface area contributed by atoms with Crippen molar-refractivity contribution in [3.05, 3.63) is 53.1 Å². The minimum atomic E-state index is 0.724. The van der Waals surface area contributed by atoms with E-state index in [0.29, 0.717) is 0 Å². The van der Waals surface area contributed by atoms with Crippen molar-refractivity contribution < 1.29 is 0 Å². The molecule has 2 N–H and O–H groups in total. The summed E-state index contributed by atoms with van der Waals surface area (Å²) in [4.78, 5) is 0. The van der Waals surface area contributed by atoms with Crippen molar-refractivity contribution in [3.8, 4) is 17.2 Å². The van der Waals surface area contributed by atoms with Crippen LogP contribution in [0, 0.1) is 18.3 Å². The lowest BCUT2D eigenvalue weighted by Crippen LogP contribution is -1.93. The fourth-order valence-electron chi connectivity index (χ4n) is 2.01. The van der Waals surface area contributed by atoms with Crippen LogP contribution >= 0.6 is 0 Å². The Morgan fingerprint density at radius 1 is 1.11 bits per heavy atom. The number of aryl methyl sites for hydroxylation is 2. The number of nitrogen functional groups attached to an aromatic ring is 1. The smallest absolute Gasteiger partial charge is 0.0994 e. The maximum Gasteiger partial charge on any atom is 0.0994 e. The highest BCUT2D eigenvalue weighted by Crippen LogP contribution is 2.25. The van der Waals surface area contributed by atoms with Gasteiger partial charge < -0.3 is 5.73 Å². The molecule has 0 saturated heterocycles. The molecule has 2 heteroatoms. The first kappa shape index (κ1) is 12.2. The molecule has 0 aliphatic rings. The van der Waals surface area contributed by atoms with Crippen molar-refractivity contribution in [1.82, 2.24) is 0 Å². The topological polar surface area (TPSA) is 49.8 Å². The third-order valence-electron chi connectivity index (χ3n) is 3.22. The van der Waals surface area contributed by atoms with Crippen LogP contribution in [0.15, 0.2) is 36.4 Å². The van der Waals surface area contributed by atoms with Crippen LogP contribution in [0.3, 0.4) is 0 Å². The summed E-state index contributed by atoms with van der Waals surface area (Å²) >= 11 is 0. The molecule has 0 radical (unpaired) electrons. The zero-order valence-electron chi connectivity index (χ0n) is 10.7. The molecule has 0 aliphatic heterocycles. The van der Waals surface area contributed by atoms with Crippen molar-refractivity contribution >= 4 is 5.69 Å². The van der Waals surface area contributed by atoms with Gasteiger partial charge in [0, 0.05) is 5.69 Å². The average Bonchev–Trinajstić information content (AvgIpc) is 2.40. The van der Waals surface area contributed by atoms with Crippen LogP contribution in [0.5, 0.6) is 0 Å². The molecular weight excluding hydrogens is 220 g/mol. The fraction of sp³-hybridized carbons (Fsp3) is 0.188. The SMILES string of the molecule is CCc1cc(-c2ccc(C)c(C#N)c2)ccc1N. The highest BCUT2D eigenvalue weighted by Gasteiger charge is 2.04. The Bertz CT molecular complexity index is 621. The molecule has 2 aromatic rings. The molecule has 0 unspecified atom stereocenters. The van der Waals surface area contributed by atoms with Crippen molar-refractivity contribution in [2.45, 2.75) is 20.3 Å². The molecule has 0 heterocycles. The number of benzene rings is 2. The van der Waals surface area contributed by atoms with Gasteiger partial charge in [-0.3, -0.25) is 0 Å². The zero-order chi connectivity index (χ0) is 13.1. The number of hydrogen-bond acceptors (Lipinski definition) is 2. The summed E-state index contributed by atoms with van der Waals surface area (Å²) in [6, 6.07) is 14.2. The monoisotopic (exact) mass is 236 g/mol. The van der Waals surface area contributed by atoms with E-state index in [1.165, 1.54) is 0 Å². The van der Waals surface area contributed by atoms with Gasteiger partial charge in [-0.15, -0.1) is 0 Å². The second kappa shape index (κ2) is 4.93. The number of nitrogens with two attached hydrogens (primary N) is 1. The highest BCUT2D eigenvalue weighted by atomic mass is 14.6. The number of nitriles is 1. The van der Waals surface area contributed by atoms with Crippen LogP contribution in [0.2, 0.25) is 0 Å². The average molecular weight is 236 g/mol. The van der Waals surface area contributed by atoms with E-state index < -0.39 is 0 Å². The third kappa shape index (κ3) is 2.21. The lowest BCUT2D eigenvalue weighted by atomic mass is 9.97. The van der Waals surface area contributed by atoms with Gasteiger partial charge in [0.15, 0.2) is 0 Å². The van der Waals surface area contributed by atoms with E-state index in [9.17, 15) is 0 Å². The summed E-state index contributed by atoms with van der Waals surface area (Å²) in [6.07, 6.45) is 0.913. The first-order valence-electron chi connectivity index (χ1n) is 6.05. The van der Waals surface area contributed by atoms with Crippen LogP contribution in [-0.2, 0) is 6.42 Å². The molecule has 0 fully saturated rings. The van der Waals surface area contributed by atoms with Gasteiger partial charge in [-0.05, 0) is 53.8 Å². The number of hydrogen-bond donors (Lipinski definition) is 1. The minimum Gasteiger partial charge on any atom is -0.399 e. The summed E-state index contributed by atoms with van der Waals surface area (Å²) in [7, 11) is 0. The first-order valence-corrected chi connectivity index (χ1v) is 6.05. The van der Waals surface area contributed by atoms with E-state index >= 15 is 0 Å². The maximum atomic E-state index is 9.06. The summed E-state index contributed by atoms with van der Waals surface area (Å²) in [5.74, 6) is 0. The Kier molecular flexibility index (Phi) is 3.34. The standard InChI is InChI=1S/C16H16N2/c1-3-12-8-14(6-7-16(12)18)13-5-4-11(2)15(9-13)10-17/h4-9H,3,18H2,1-2H3. The number of rotatable bonds is 2. The predicted octanol–water partition coefficient (Wildman–Crippen LogP) is 3.68. The summed E-state index contributed by atoms with van der Waals surface area (Å²) in [5.41, 5.74) is 11.8. The van der Waals surface area contributed by atoms with Crippen LogP contribution in [-0.4, -0.2) is 0 Å². The molecular formula is C16H16N2. The Labute approximate surface area is 108 Å². The highest BCUT2D eigenvalue weighted by molar-refractivity contribution is 5.69. The van der Waals surface area contributed by atoms with Crippen molar-refractivity contribution in [2.24, 2.45) is 0 Å². The van der Waals surface area contributed by atoms with E-state index in [1.807, 2.05) is 37.3 Å². The van der Waals surface area contributed by atoms with E-state index in [2.05, 4.69) is 19.1 Å². The van der Waals surface area contributed by atoms with E-state index in [-0.39, 0.29) is 0 Å². The van der Waals surface area contributed by atoms with Gasteiger partial charge in [0.2, 0.25) is 0 Å². The second-order valence-electron chi connectivity index (χ2n) is 4.41. The lowest BCUT2D eigenvalue weighted by Gasteiger charge is -2.08. The normalized spacial score (nSPS) is 10.1. The van der Waals surface area contributed by atoms with Gasteiger partial charge in [-0.1, -0.05) is 25.1 Å². The zero-order valence-corrected chi connectivity index (χ0v) is 10.7. The Balaban J connectivity index is 2.52. The summed E-state index contributed by atoms with van der Waals surface area (Å²) < 4.78 is 0. The van der Waals surface area contributed by atoms with Gasteiger partial charge in [-0.25, -0.2) is 0 Å². The van der Waals surface area contributed by atoms with Crippen molar-refractivity contribution in [2.75, 3.05) is 5.73 Å². The summed E-state index contributed by atoms with van der Waals surface area (Å²) in [5, 5.41) is 9.06. The van der Waals surface area contributed by atoms with E-state index in [4.69, 9.17) is 11.0 Å². The summed E-state index contributed by atoms with van der Waals surface area (Å²) in [6.45, 7) is 4.04. The molecule has 0 atom stereocenters. The van der Waals surface area contributed by atoms with Crippen molar-refractivity contribution in [1.29, 1.82) is 5.26 Å². The maximum absolute atomic E-state index is 9.06. The Morgan fingerprint density at radius 2 is 1.78 bits per heavy atom. The molecule has 0 saturated carbocycles. The van der Waals surface area contributed by atoms with Crippen molar-refractivity contribution in [3.63, 3.8) is 0 Å². The second-order valence-corrected chi connectivity index (χ2v) is 4.41. The predicted molar refractivity (Wildman–Crippen MR) is 75.1 cm³/mol. The van der Waals surface area contributed by atoms with Crippen LogP contribution < -0.4 is 5.73 Å². The fourth-order valence-corrected chi connectivity index (χ4v) is 2.01. The molecule has 90 valence electrons. The lowest BCUT2D eigenvalue weighted by molar-refractivity contribution is 1.15. The molecule has 0 amide bonds. The number of nitrogens with zero attached hydrogens (tertiary/aromatic N) is 1. The van der Waals surface area contributed by atoms with Gasteiger partial charge >= 0.3 is 0 Å². The molecule has 0 spiro atoms. The molecule has 18 heavy (non-hydrogen) atoms. The van der Waals surface area contributed by atoms with Crippen LogP contribution in [0.1, 0.15) is 23.6 Å². The first-order chi connectivity index (χ1) is 8.65. The van der Waals surface area contributed by atoms with Gasteiger partial charge in [0.05, 0.1) is 11.6 Å². The van der Waals surface area contributed by atoms with E-state index in [0.717, 1.165) is 39.9 Å². The van der Waals surface area contributed by atoms with Crippen LogP contribution in [0.4, 0.5) is 5.69 Å². The Morgan fingerprint density at radius 3 is 2.44 bits per heavy atom. The largest absolute Gasteiger partial charge is 0.399 e. The van der Waals surface area contributed by atoms with Gasteiger partial charge in [0.1, 0.15) is 0 Å². The molecule has 0 bridgehead atoms. The quantitative estimate of drug-likeness (QED) is 0.809. The molecule has 0 aliphatic carbocycles. The number of anilines is 1.